The molecule has 0 unspecified atom stereocenters. The van der Waals surface area contributed by atoms with Gasteiger partial charge in [-0.1, -0.05) is 0 Å². The molecule has 0 radical (unpaired) electrons. The Labute approximate surface area is 105 Å². The molecule has 0 spiro atoms. The van der Waals surface area contributed by atoms with Gasteiger partial charge in [0.15, 0.2) is 5.69 Å². The lowest BCUT2D eigenvalue weighted by atomic mass is 10.3. The van der Waals surface area contributed by atoms with E-state index in [2.05, 4.69) is 10.1 Å². The van der Waals surface area contributed by atoms with Gasteiger partial charge in [0.1, 0.15) is 6.07 Å². The van der Waals surface area contributed by atoms with Gasteiger partial charge in [0.25, 0.3) is 0 Å². The maximum atomic E-state index is 10.9. The molecule has 0 saturated heterocycles. The Hall–Kier alpha value is -3.28. The van der Waals surface area contributed by atoms with Crippen molar-refractivity contribution in [2.24, 2.45) is 0 Å². The zero-order valence-electron chi connectivity index (χ0n) is 9.22. The topological polar surface area (TPSA) is 135 Å². The molecule has 0 fully saturated rings. The SMILES string of the molecule is N#Cc1cnc(-n2ccc(C(=O)O)n2)c([N+](=O)[O-])c1. The van der Waals surface area contributed by atoms with Gasteiger partial charge in [0, 0.05) is 18.5 Å². The number of carboxylic acids is 1. The first-order valence-corrected chi connectivity index (χ1v) is 4.87. The molecule has 2 aromatic rings. The molecule has 9 heteroatoms. The largest absolute Gasteiger partial charge is 0.476 e. The number of carbonyl (C=O) groups is 1. The molecule has 94 valence electrons. The molecule has 2 aromatic heterocycles. The first-order valence-electron chi connectivity index (χ1n) is 4.87. The normalized spacial score (nSPS) is 9.84. The van der Waals surface area contributed by atoms with Crippen LogP contribution in [-0.2, 0) is 0 Å². The molecular weight excluding hydrogens is 254 g/mol. The zero-order valence-corrected chi connectivity index (χ0v) is 9.22. The maximum absolute atomic E-state index is 10.9. The minimum atomic E-state index is -1.25. The van der Waals surface area contributed by atoms with Crippen molar-refractivity contribution in [1.29, 1.82) is 5.26 Å². The van der Waals surface area contributed by atoms with E-state index in [-0.39, 0.29) is 17.1 Å². The fourth-order valence-corrected chi connectivity index (χ4v) is 1.37. The van der Waals surface area contributed by atoms with E-state index >= 15 is 0 Å². The fraction of sp³-hybridized carbons (Fsp3) is 0. The summed E-state index contributed by atoms with van der Waals surface area (Å²) >= 11 is 0. The minimum Gasteiger partial charge on any atom is -0.476 e. The van der Waals surface area contributed by atoms with E-state index in [9.17, 15) is 14.9 Å². The zero-order chi connectivity index (χ0) is 14.0. The number of hydrogen-bond donors (Lipinski definition) is 1. The summed E-state index contributed by atoms with van der Waals surface area (Å²) in [7, 11) is 0. The van der Waals surface area contributed by atoms with Crippen molar-refractivity contribution in [1.82, 2.24) is 14.8 Å². The lowest BCUT2D eigenvalue weighted by Crippen LogP contribution is -2.06. The monoisotopic (exact) mass is 259 g/mol. The molecule has 2 heterocycles. The van der Waals surface area contributed by atoms with Gasteiger partial charge in [-0.2, -0.15) is 10.4 Å². The summed E-state index contributed by atoms with van der Waals surface area (Å²) in [5.74, 6) is -1.41. The summed E-state index contributed by atoms with van der Waals surface area (Å²) in [6, 6.07) is 3.97. The highest BCUT2D eigenvalue weighted by Crippen LogP contribution is 2.21. The number of aromatic nitrogens is 3. The third kappa shape index (κ3) is 2.22. The summed E-state index contributed by atoms with van der Waals surface area (Å²) in [5.41, 5.74) is -0.666. The molecule has 1 N–H and O–H groups in total. The third-order valence-electron chi connectivity index (χ3n) is 2.20. The van der Waals surface area contributed by atoms with Gasteiger partial charge < -0.3 is 5.11 Å². The van der Waals surface area contributed by atoms with Gasteiger partial charge >= 0.3 is 11.7 Å². The number of nitrogens with zero attached hydrogens (tertiary/aromatic N) is 5. The number of nitro groups is 1. The van der Waals surface area contributed by atoms with Gasteiger partial charge in [-0.25, -0.2) is 14.5 Å². The van der Waals surface area contributed by atoms with Crippen LogP contribution in [0.5, 0.6) is 0 Å². The van der Waals surface area contributed by atoms with Crippen LogP contribution in [0.15, 0.2) is 24.5 Å². The van der Waals surface area contributed by atoms with Crippen LogP contribution in [0.1, 0.15) is 16.1 Å². The number of rotatable bonds is 3. The van der Waals surface area contributed by atoms with Crippen molar-refractivity contribution in [2.75, 3.05) is 0 Å². The summed E-state index contributed by atoms with van der Waals surface area (Å²) in [4.78, 5) is 24.6. The molecule has 0 aliphatic rings. The Morgan fingerprint density at radius 1 is 1.58 bits per heavy atom. The number of pyridine rings is 1. The molecule has 0 bridgehead atoms. The number of aromatic carboxylic acids is 1. The first-order chi connectivity index (χ1) is 9.02. The Morgan fingerprint density at radius 2 is 2.32 bits per heavy atom. The molecule has 19 heavy (non-hydrogen) atoms. The van der Waals surface area contributed by atoms with Crippen LogP contribution in [0.3, 0.4) is 0 Å². The summed E-state index contributed by atoms with van der Waals surface area (Å²) in [6.07, 6.45) is 2.38. The van der Waals surface area contributed by atoms with E-state index in [1.165, 1.54) is 12.3 Å². The fourth-order valence-electron chi connectivity index (χ4n) is 1.37. The number of nitriles is 1. The van der Waals surface area contributed by atoms with Crippen LogP contribution < -0.4 is 0 Å². The van der Waals surface area contributed by atoms with E-state index in [0.29, 0.717) is 0 Å². The summed E-state index contributed by atoms with van der Waals surface area (Å²) < 4.78 is 0.975. The van der Waals surface area contributed by atoms with Crippen LogP contribution in [0.2, 0.25) is 0 Å². The average molecular weight is 259 g/mol. The van der Waals surface area contributed by atoms with Crippen LogP contribution in [0.25, 0.3) is 5.82 Å². The minimum absolute atomic E-state index is 0.0288. The number of hydrogen-bond acceptors (Lipinski definition) is 6. The van der Waals surface area contributed by atoms with Crippen LogP contribution >= 0.6 is 0 Å². The van der Waals surface area contributed by atoms with Crippen molar-refractivity contribution in [3.63, 3.8) is 0 Å². The molecule has 0 atom stereocenters. The molecule has 0 aliphatic carbocycles. The van der Waals surface area contributed by atoms with Crippen LogP contribution in [0, 0.1) is 21.4 Å². The van der Waals surface area contributed by atoms with Gasteiger partial charge in [-0.15, -0.1) is 0 Å². The van der Waals surface area contributed by atoms with Crippen molar-refractivity contribution in [3.05, 3.63) is 45.9 Å². The van der Waals surface area contributed by atoms with Crippen LogP contribution in [0.4, 0.5) is 5.69 Å². The highest BCUT2D eigenvalue weighted by Gasteiger charge is 2.20. The van der Waals surface area contributed by atoms with Gasteiger partial charge in [0.05, 0.1) is 10.5 Å². The predicted octanol–water partition coefficient (Wildman–Crippen LogP) is 0.745. The van der Waals surface area contributed by atoms with E-state index in [1.807, 2.05) is 0 Å². The Kier molecular flexibility index (Phi) is 2.91. The molecule has 0 aromatic carbocycles. The standard InChI is InChI=1S/C10H5N5O4/c11-4-6-3-8(15(18)19)9(12-5-6)14-2-1-7(13-14)10(16)17/h1-3,5H,(H,16,17). The maximum Gasteiger partial charge on any atom is 0.356 e. The van der Waals surface area contributed by atoms with Crippen molar-refractivity contribution in [2.45, 2.75) is 0 Å². The van der Waals surface area contributed by atoms with Gasteiger partial charge in [-0.05, 0) is 6.07 Å². The highest BCUT2D eigenvalue weighted by molar-refractivity contribution is 5.85. The second-order valence-electron chi connectivity index (χ2n) is 3.39. The van der Waals surface area contributed by atoms with Crippen molar-refractivity contribution >= 4 is 11.7 Å². The lowest BCUT2D eigenvalue weighted by Gasteiger charge is -2.01. The second-order valence-corrected chi connectivity index (χ2v) is 3.39. The first kappa shape index (κ1) is 12.2. The Morgan fingerprint density at radius 3 is 2.84 bits per heavy atom. The molecule has 0 aliphatic heterocycles. The summed E-state index contributed by atoms with van der Waals surface area (Å²) in [5, 5.41) is 32.0. The molecule has 9 nitrogen and oxygen atoms in total. The van der Waals surface area contributed by atoms with E-state index in [1.54, 1.807) is 6.07 Å². The van der Waals surface area contributed by atoms with Gasteiger partial charge in [-0.3, -0.25) is 10.1 Å². The number of carboxylic acid groups (broad SMARTS) is 1. The quantitative estimate of drug-likeness (QED) is 0.634. The highest BCUT2D eigenvalue weighted by atomic mass is 16.6. The third-order valence-corrected chi connectivity index (χ3v) is 2.20. The smallest absolute Gasteiger partial charge is 0.356 e. The predicted molar refractivity (Wildman–Crippen MR) is 59.7 cm³/mol. The van der Waals surface area contributed by atoms with Crippen molar-refractivity contribution < 1.29 is 14.8 Å². The van der Waals surface area contributed by atoms with E-state index in [4.69, 9.17) is 10.4 Å². The lowest BCUT2D eigenvalue weighted by molar-refractivity contribution is -0.385. The van der Waals surface area contributed by atoms with Crippen molar-refractivity contribution in [3.8, 4) is 11.9 Å². The Bertz CT molecular complexity index is 715. The second kappa shape index (κ2) is 4.53. The molecule has 2 rings (SSSR count). The van der Waals surface area contributed by atoms with E-state index in [0.717, 1.165) is 16.9 Å². The average Bonchev–Trinajstić information content (AvgIpc) is 2.87. The van der Waals surface area contributed by atoms with Crippen LogP contribution in [-0.4, -0.2) is 30.8 Å². The molecular formula is C10H5N5O4. The molecule has 0 amide bonds. The van der Waals surface area contributed by atoms with E-state index < -0.39 is 16.6 Å². The molecule has 0 saturated carbocycles. The Balaban J connectivity index is 2.58. The summed E-state index contributed by atoms with van der Waals surface area (Å²) in [6.45, 7) is 0. The van der Waals surface area contributed by atoms with Gasteiger partial charge in [0.2, 0.25) is 5.82 Å².